The molecule has 0 aromatic rings. The number of nitrogens with zero attached hydrogens (tertiary/aromatic N) is 1. The van der Waals surface area contributed by atoms with Crippen LogP contribution < -0.4 is 5.73 Å². The third-order valence-electron chi connectivity index (χ3n) is 1.94. The van der Waals surface area contributed by atoms with E-state index in [4.69, 9.17) is 10.8 Å². The van der Waals surface area contributed by atoms with Crippen molar-refractivity contribution in [3.63, 3.8) is 0 Å². The molecule has 0 aliphatic carbocycles. The second-order valence-corrected chi connectivity index (χ2v) is 5.80. The van der Waals surface area contributed by atoms with Crippen LogP contribution in [-0.4, -0.2) is 40.3 Å². The van der Waals surface area contributed by atoms with Gasteiger partial charge in [-0.15, -0.1) is 0 Å². The summed E-state index contributed by atoms with van der Waals surface area (Å²) in [6.45, 7) is 3.09. The molecule has 4 nitrogen and oxygen atoms in total. The number of carboxylic acid groups (broad SMARTS) is 1. The van der Waals surface area contributed by atoms with E-state index in [1.165, 1.54) is 6.08 Å². The zero-order chi connectivity index (χ0) is 12.8. The van der Waals surface area contributed by atoms with Crippen molar-refractivity contribution in [3.05, 3.63) is 11.9 Å². The summed E-state index contributed by atoms with van der Waals surface area (Å²) < 4.78 is 12.2. The summed E-state index contributed by atoms with van der Waals surface area (Å²) in [5.74, 6) is -0.971. The van der Waals surface area contributed by atoms with E-state index in [9.17, 15) is 9.18 Å². The van der Waals surface area contributed by atoms with Gasteiger partial charge in [-0.1, -0.05) is 0 Å². The quantitative estimate of drug-likeness (QED) is 0.441. The van der Waals surface area contributed by atoms with Crippen LogP contribution >= 0.6 is 0 Å². The van der Waals surface area contributed by atoms with Gasteiger partial charge in [-0.05, 0) is 0 Å². The Bertz CT molecular complexity index is 310. The number of hydrogen-bond donors (Lipinski definition) is 2. The van der Waals surface area contributed by atoms with Gasteiger partial charge in [0.15, 0.2) is 0 Å². The van der Waals surface area contributed by atoms with Crippen molar-refractivity contribution < 1.29 is 14.3 Å². The zero-order valence-corrected chi connectivity index (χ0v) is 11.3. The second-order valence-electron chi connectivity index (χ2n) is 3.73. The molecular weight excluding hydrogens is 274 g/mol. The topological polar surface area (TPSA) is 75.7 Å². The summed E-state index contributed by atoms with van der Waals surface area (Å²) in [5.41, 5.74) is 5.25. The molecule has 0 saturated carbocycles. The summed E-state index contributed by atoms with van der Waals surface area (Å²) >= 11 is 2.10. The number of carbonyl (C=O) groups is 1. The monoisotopic (exact) mass is 290 g/mol. The molecule has 1 atom stereocenters. The summed E-state index contributed by atoms with van der Waals surface area (Å²) in [7, 11) is 0. The fourth-order valence-corrected chi connectivity index (χ4v) is 1.15. The van der Waals surface area contributed by atoms with Crippen molar-refractivity contribution in [1.29, 1.82) is 0 Å². The molecule has 0 spiro atoms. The molecule has 0 amide bonds. The minimum atomic E-state index is -0.905. The van der Waals surface area contributed by atoms with Crippen LogP contribution in [0.3, 0.4) is 0 Å². The molecule has 90 valence electrons. The fourth-order valence-electron chi connectivity index (χ4n) is 0.882. The Morgan fingerprint density at radius 3 is 2.69 bits per heavy atom. The van der Waals surface area contributed by atoms with Crippen molar-refractivity contribution in [2.24, 2.45) is 10.7 Å². The van der Waals surface area contributed by atoms with Gasteiger partial charge in [0, 0.05) is 0 Å². The summed E-state index contributed by atoms with van der Waals surface area (Å²) in [6.07, 6.45) is 2.07. The molecule has 0 saturated heterocycles. The summed E-state index contributed by atoms with van der Waals surface area (Å²) in [4.78, 5) is 14.4. The molecule has 3 N–H and O–H groups in total. The zero-order valence-electron chi connectivity index (χ0n) is 9.40. The molecule has 2 radical (unpaired) electrons. The van der Waals surface area contributed by atoms with E-state index in [-0.39, 0.29) is 6.54 Å². The van der Waals surface area contributed by atoms with Crippen molar-refractivity contribution in [2.75, 3.05) is 6.54 Å². The summed E-state index contributed by atoms with van der Waals surface area (Å²) in [5, 5.41) is 8.81. The molecule has 0 rings (SSSR count). The Labute approximate surface area is 103 Å². The van der Waals surface area contributed by atoms with Gasteiger partial charge in [0.05, 0.1) is 0 Å². The number of rotatable bonds is 6. The fraction of sp³-hybridized carbons (Fsp3) is 0.600. The average molecular weight is 290 g/mol. The molecule has 6 heteroatoms. The van der Waals surface area contributed by atoms with Crippen LogP contribution in [0.4, 0.5) is 4.39 Å². The first kappa shape index (κ1) is 15.2. The standard InChI is InChI=1S/C10H16AsFN2O2/c1-7(13)14-6-8(12)4-3-5-10(2,11)9(15)16/h4H,3,5-6H2,1-2H3,(H2,13,14)(H,15,16)/b8-4+/t10-/m0/s1. The number of aliphatic carboxylic acids is 1. The first-order chi connectivity index (χ1) is 7.25. The van der Waals surface area contributed by atoms with E-state index in [1.807, 2.05) is 0 Å². The van der Waals surface area contributed by atoms with Gasteiger partial charge in [0.25, 0.3) is 0 Å². The second kappa shape index (κ2) is 6.69. The van der Waals surface area contributed by atoms with Gasteiger partial charge in [0.1, 0.15) is 0 Å². The molecule has 0 unspecified atom stereocenters. The molecule has 0 aliphatic heterocycles. The van der Waals surface area contributed by atoms with Gasteiger partial charge in [-0.2, -0.15) is 0 Å². The number of hydrogen-bond acceptors (Lipinski definition) is 2. The van der Waals surface area contributed by atoms with Crippen molar-refractivity contribution in [3.8, 4) is 0 Å². The molecule has 0 aromatic carbocycles. The van der Waals surface area contributed by atoms with Crippen molar-refractivity contribution >= 4 is 28.7 Å². The Kier molecular flexibility index (Phi) is 6.34. The number of nitrogens with two attached hydrogens (primary N) is 1. The van der Waals surface area contributed by atoms with Crippen molar-refractivity contribution in [2.45, 2.75) is 30.9 Å². The number of amidine groups is 1. The van der Waals surface area contributed by atoms with E-state index in [0.29, 0.717) is 18.7 Å². The molecular formula is C10H16AsFN2O2. The van der Waals surface area contributed by atoms with Crippen LogP contribution in [0.2, 0.25) is 4.20 Å². The maximum absolute atomic E-state index is 13.1. The van der Waals surface area contributed by atoms with Crippen molar-refractivity contribution in [1.82, 2.24) is 0 Å². The van der Waals surface area contributed by atoms with E-state index >= 15 is 0 Å². The first-order valence-electron chi connectivity index (χ1n) is 4.82. The Morgan fingerprint density at radius 1 is 1.69 bits per heavy atom. The van der Waals surface area contributed by atoms with Gasteiger partial charge in [-0.3, -0.25) is 0 Å². The van der Waals surface area contributed by atoms with E-state index in [0.717, 1.165) is 0 Å². The van der Waals surface area contributed by atoms with Gasteiger partial charge >= 0.3 is 103 Å². The van der Waals surface area contributed by atoms with Crippen LogP contribution in [0.25, 0.3) is 0 Å². The SMILES string of the molecule is CC(N)=NC/C(F)=C\CC[C@](C)([As])C(=O)O. The molecule has 0 aliphatic rings. The molecule has 0 fully saturated rings. The van der Waals surface area contributed by atoms with E-state index in [1.54, 1.807) is 13.8 Å². The van der Waals surface area contributed by atoms with Crippen LogP contribution in [0, 0.1) is 0 Å². The molecule has 0 bridgehead atoms. The number of halogens is 1. The Morgan fingerprint density at radius 2 is 2.25 bits per heavy atom. The summed E-state index contributed by atoms with van der Waals surface area (Å²) in [6, 6.07) is 0. The minimum absolute atomic E-state index is 0.0787. The van der Waals surface area contributed by atoms with Crippen LogP contribution in [0.15, 0.2) is 16.9 Å². The van der Waals surface area contributed by atoms with Gasteiger partial charge < -0.3 is 0 Å². The van der Waals surface area contributed by atoms with Crippen LogP contribution in [-0.2, 0) is 4.79 Å². The third-order valence-corrected chi connectivity index (χ3v) is 2.81. The Hall–Kier alpha value is -0.832. The van der Waals surface area contributed by atoms with E-state index in [2.05, 4.69) is 21.8 Å². The predicted molar refractivity (Wildman–Crippen MR) is 62.3 cm³/mol. The number of allylic oxidation sites excluding steroid dienone is 1. The predicted octanol–water partition coefficient (Wildman–Crippen LogP) is 1.43. The van der Waals surface area contributed by atoms with E-state index < -0.39 is 16.0 Å². The normalized spacial score (nSPS) is 17.0. The number of carboxylic acids is 1. The molecule has 0 heterocycles. The maximum atomic E-state index is 13.1. The average Bonchev–Trinajstić information content (AvgIpc) is 2.14. The Balaban J connectivity index is 4.10. The number of aliphatic imine (C=N–C) groups is 1. The first-order valence-corrected chi connectivity index (χ1v) is 5.76. The third kappa shape index (κ3) is 6.62. The molecule has 0 aromatic heterocycles. The molecule has 16 heavy (non-hydrogen) atoms. The van der Waals surface area contributed by atoms with Crippen LogP contribution in [0.5, 0.6) is 0 Å². The van der Waals surface area contributed by atoms with Gasteiger partial charge in [-0.25, -0.2) is 0 Å². The van der Waals surface area contributed by atoms with Gasteiger partial charge in [0.2, 0.25) is 0 Å². The van der Waals surface area contributed by atoms with Crippen LogP contribution in [0.1, 0.15) is 26.7 Å².